The average Bonchev–Trinajstić information content (AvgIpc) is 3.11. The van der Waals surface area contributed by atoms with Crippen molar-refractivity contribution in [2.75, 3.05) is 5.32 Å². The summed E-state index contributed by atoms with van der Waals surface area (Å²) in [6.45, 7) is 1.65. The minimum absolute atomic E-state index is 0.0243. The van der Waals surface area contributed by atoms with Crippen LogP contribution in [0.25, 0.3) is 5.69 Å². The number of alkyl halides is 2. The number of nitrogens with one attached hydrogen (secondary N) is 1. The van der Waals surface area contributed by atoms with Gasteiger partial charge in [0.25, 0.3) is 11.8 Å². The summed E-state index contributed by atoms with van der Waals surface area (Å²) in [6, 6.07) is 9.80. The van der Waals surface area contributed by atoms with Crippen molar-refractivity contribution in [2.45, 2.75) is 25.4 Å². The molecule has 0 unspecified atom stereocenters. The second kappa shape index (κ2) is 7.33. The lowest BCUT2D eigenvalue weighted by Crippen LogP contribution is -2.13. The van der Waals surface area contributed by atoms with E-state index in [4.69, 9.17) is 4.74 Å². The lowest BCUT2D eigenvalue weighted by Gasteiger charge is -2.11. The van der Waals surface area contributed by atoms with Crippen LogP contribution >= 0.6 is 0 Å². The van der Waals surface area contributed by atoms with Crippen molar-refractivity contribution in [1.29, 1.82) is 0 Å². The highest BCUT2D eigenvalue weighted by molar-refractivity contribution is 6.05. The summed E-state index contributed by atoms with van der Waals surface area (Å²) in [7, 11) is 0. The molecule has 1 N–H and O–H groups in total. The fourth-order valence-electron chi connectivity index (χ4n) is 2.89. The maximum absolute atomic E-state index is 13.1. The maximum atomic E-state index is 13.1. The van der Waals surface area contributed by atoms with Crippen LogP contribution in [0.1, 0.15) is 32.8 Å². The molecule has 0 bridgehead atoms. The molecule has 1 aliphatic rings. The summed E-state index contributed by atoms with van der Waals surface area (Å²) in [4.78, 5) is 23.8. The van der Waals surface area contributed by atoms with E-state index >= 15 is 0 Å². The Balaban J connectivity index is 1.54. The van der Waals surface area contributed by atoms with E-state index in [0.717, 1.165) is 0 Å². The van der Waals surface area contributed by atoms with Crippen LogP contribution in [0.15, 0.2) is 48.7 Å². The quantitative estimate of drug-likeness (QED) is 0.614. The van der Waals surface area contributed by atoms with Crippen LogP contribution in [0.4, 0.5) is 18.9 Å². The highest BCUT2D eigenvalue weighted by Gasteiger charge is 2.59. The van der Waals surface area contributed by atoms with Crippen molar-refractivity contribution in [1.82, 2.24) is 9.78 Å². The molecule has 1 aliphatic carbocycles. The fraction of sp³-hybridized carbons (Fsp3) is 0.190. The molecule has 30 heavy (non-hydrogen) atoms. The predicted molar refractivity (Wildman–Crippen MR) is 102 cm³/mol. The summed E-state index contributed by atoms with van der Waals surface area (Å²) in [5.41, 5.74) is 1.68. The Bertz CT molecular complexity index is 1130. The largest absolute Gasteiger partial charge is 0.483 e. The van der Waals surface area contributed by atoms with Gasteiger partial charge in [-0.05, 0) is 43.3 Å². The summed E-state index contributed by atoms with van der Waals surface area (Å²) in [5.74, 6) is -3.81. The highest BCUT2D eigenvalue weighted by atomic mass is 19.3. The van der Waals surface area contributed by atoms with E-state index in [0.29, 0.717) is 17.7 Å². The number of benzene rings is 2. The molecule has 1 saturated carbocycles. The van der Waals surface area contributed by atoms with Crippen LogP contribution in [0.2, 0.25) is 0 Å². The summed E-state index contributed by atoms with van der Waals surface area (Å²) in [6.07, 6.45) is 0.306. The molecule has 1 aromatic heterocycles. The van der Waals surface area contributed by atoms with E-state index < -0.39 is 24.4 Å². The molecule has 0 saturated heterocycles. The SMILES string of the molecule is Cc1nn(-c2ccc(F)cc2)cc1C(=O)Nc1ccc(C=O)c(O[C@@H]2CC2(F)F)c1. The van der Waals surface area contributed by atoms with Crippen molar-refractivity contribution < 1.29 is 27.5 Å². The van der Waals surface area contributed by atoms with Gasteiger partial charge in [0.15, 0.2) is 12.4 Å². The Labute approximate surface area is 169 Å². The van der Waals surface area contributed by atoms with Gasteiger partial charge in [0.05, 0.1) is 28.9 Å². The number of aromatic nitrogens is 2. The van der Waals surface area contributed by atoms with Gasteiger partial charge in [-0.3, -0.25) is 9.59 Å². The average molecular weight is 415 g/mol. The first kappa shape index (κ1) is 19.7. The van der Waals surface area contributed by atoms with Gasteiger partial charge in [0.2, 0.25) is 0 Å². The Morgan fingerprint density at radius 3 is 2.60 bits per heavy atom. The van der Waals surface area contributed by atoms with Crippen LogP contribution in [0, 0.1) is 12.7 Å². The zero-order valence-electron chi connectivity index (χ0n) is 15.7. The van der Waals surface area contributed by atoms with Gasteiger partial charge in [0, 0.05) is 18.0 Å². The monoisotopic (exact) mass is 415 g/mol. The topological polar surface area (TPSA) is 73.2 Å². The van der Waals surface area contributed by atoms with E-state index in [2.05, 4.69) is 10.4 Å². The van der Waals surface area contributed by atoms with Gasteiger partial charge in [-0.1, -0.05) is 0 Å². The minimum Gasteiger partial charge on any atom is -0.483 e. The van der Waals surface area contributed by atoms with Crippen molar-refractivity contribution in [3.8, 4) is 11.4 Å². The van der Waals surface area contributed by atoms with Gasteiger partial charge in [-0.25, -0.2) is 17.9 Å². The molecule has 154 valence electrons. The number of aryl methyl sites for hydroxylation is 1. The lowest BCUT2D eigenvalue weighted by atomic mass is 10.2. The van der Waals surface area contributed by atoms with Gasteiger partial charge in [0.1, 0.15) is 11.6 Å². The number of anilines is 1. The second-order valence-corrected chi connectivity index (χ2v) is 6.95. The van der Waals surface area contributed by atoms with Crippen LogP contribution < -0.4 is 10.1 Å². The number of nitrogens with zero attached hydrogens (tertiary/aromatic N) is 2. The number of aldehydes is 1. The van der Waals surface area contributed by atoms with Crippen molar-refractivity contribution >= 4 is 17.9 Å². The van der Waals surface area contributed by atoms with Crippen LogP contribution in [-0.4, -0.2) is 34.0 Å². The molecule has 4 rings (SSSR count). The minimum atomic E-state index is -2.91. The van der Waals surface area contributed by atoms with Crippen LogP contribution in [-0.2, 0) is 0 Å². The number of hydrogen-bond donors (Lipinski definition) is 1. The van der Waals surface area contributed by atoms with E-state index in [9.17, 15) is 22.8 Å². The molecule has 6 nitrogen and oxygen atoms in total. The number of carbonyl (C=O) groups excluding carboxylic acids is 2. The first-order valence-electron chi connectivity index (χ1n) is 9.04. The smallest absolute Gasteiger partial charge is 0.288 e. The van der Waals surface area contributed by atoms with Gasteiger partial charge in [-0.2, -0.15) is 5.10 Å². The Morgan fingerprint density at radius 1 is 1.27 bits per heavy atom. The number of ether oxygens (including phenoxy) is 1. The molecular formula is C21H16F3N3O3. The number of halogens is 3. The van der Waals surface area contributed by atoms with E-state index in [1.165, 1.54) is 53.3 Å². The molecule has 9 heteroatoms. The molecule has 0 radical (unpaired) electrons. The molecule has 1 amide bonds. The molecular weight excluding hydrogens is 399 g/mol. The molecule has 3 aromatic rings. The zero-order valence-corrected chi connectivity index (χ0v) is 15.7. The summed E-state index contributed by atoms with van der Waals surface area (Å²) < 4.78 is 46.0. The van der Waals surface area contributed by atoms with Crippen molar-refractivity contribution in [3.05, 3.63) is 71.3 Å². The van der Waals surface area contributed by atoms with E-state index in [1.54, 1.807) is 6.92 Å². The maximum Gasteiger partial charge on any atom is 0.288 e. The van der Waals surface area contributed by atoms with Crippen molar-refractivity contribution in [2.24, 2.45) is 0 Å². The standard InChI is InChI=1S/C21H16F3N3O3/c1-12-17(10-27(26-12)16-6-3-14(22)4-7-16)20(29)25-15-5-2-13(11-28)18(8-15)30-19-9-21(19,23)24/h2-8,10-11,19H,9H2,1H3,(H,25,29)/t19-/m1/s1. The first-order valence-corrected chi connectivity index (χ1v) is 9.04. The fourth-order valence-corrected chi connectivity index (χ4v) is 2.89. The number of amides is 1. The normalized spacial score (nSPS) is 16.7. The summed E-state index contributed by atoms with van der Waals surface area (Å²) in [5, 5.41) is 6.90. The number of hydrogen-bond acceptors (Lipinski definition) is 4. The van der Waals surface area contributed by atoms with Gasteiger partial charge < -0.3 is 10.1 Å². The van der Waals surface area contributed by atoms with Gasteiger partial charge in [-0.15, -0.1) is 0 Å². The third-order valence-electron chi connectivity index (χ3n) is 4.67. The Hall–Kier alpha value is -3.62. The van der Waals surface area contributed by atoms with Crippen molar-refractivity contribution in [3.63, 3.8) is 0 Å². The van der Waals surface area contributed by atoms with E-state index in [1.807, 2.05) is 0 Å². The highest BCUT2D eigenvalue weighted by Crippen LogP contribution is 2.45. The Morgan fingerprint density at radius 2 is 1.97 bits per heavy atom. The third-order valence-corrected chi connectivity index (χ3v) is 4.67. The lowest BCUT2D eigenvalue weighted by molar-refractivity contribution is 0.0660. The first-order chi connectivity index (χ1) is 14.3. The van der Waals surface area contributed by atoms with Crippen LogP contribution in [0.5, 0.6) is 5.75 Å². The summed E-state index contributed by atoms with van der Waals surface area (Å²) >= 11 is 0. The zero-order chi connectivity index (χ0) is 21.5. The molecule has 0 spiro atoms. The predicted octanol–water partition coefficient (Wildman–Crippen LogP) is 4.17. The number of rotatable bonds is 6. The van der Waals surface area contributed by atoms with Gasteiger partial charge >= 0.3 is 0 Å². The third kappa shape index (κ3) is 3.91. The molecule has 1 heterocycles. The number of carbonyl (C=O) groups is 2. The molecule has 0 aliphatic heterocycles. The molecule has 1 fully saturated rings. The molecule has 2 aromatic carbocycles. The Kier molecular flexibility index (Phi) is 4.81. The molecule has 1 atom stereocenters. The second-order valence-electron chi connectivity index (χ2n) is 6.95. The van der Waals surface area contributed by atoms with Crippen LogP contribution in [0.3, 0.4) is 0 Å². The van der Waals surface area contributed by atoms with E-state index in [-0.39, 0.29) is 28.4 Å².